The van der Waals surface area contributed by atoms with E-state index in [2.05, 4.69) is 36.5 Å². The maximum atomic E-state index is 12.9. The molecule has 1 saturated heterocycles. The smallest absolute Gasteiger partial charge is 0.233 e. The molecule has 2 aromatic carbocycles. The van der Waals surface area contributed by atoms with Crippen LogP contribution in [0.5, 0.6) is 0 Å². The zero-order valence-corrected chi connectivity index (χ0v) is 17.2. The molecule has 1 heterocycles. The van der Waals surface area contributed by atoms with E-state index in [1.54, 1.807) is 11.8 Å². The zero-order valence-electron chi connectivity index (χ0n) is 15.6. The minimum Gasteiger partial charge on any atom is -0.381 e. The Bertz CT molecular complexity index is 730. The first-order chi connectivity index (χ1) is 13.1. The molecule has 144 valence electrons. The monoisotopic (exact) mass is 403 g/mol. The molecular weight excluding hydrogens is 378 g/mol. The van der Waals surface area contributed by atoms with Crippen LogP contribution in [0.25, 0.3) is 0 Å². The highest BCUT2D eigenvalue weighted by molar-refractivity contribution is 8.00. The fourth-order valence-electron chi connectivity index (χ4n) is 3.49. The van der Waals surface area contributed by atoms with Gasteiger partial charge < -0.3 is 10.1 Å². The first-order valence-electron chi connectivity index (χ1n) is 9.46. The minimum absolute atomic E-state index is 0.0433. The number of nitrogens with one attached hydrogen (secondary N) is 1. The van der Waals surface area contributed by atoms with Gasteiger partial charge in [-0.15, -0.1) is 11.8 Å². The van der Waals surface area contributed by atoms with Gasteiger partial charge in [0.25, 0.3) is 0 Å². The van der Waals surface area contributed by atoms with Gasteiger partial charge in [-0.1, -0.05) is 48.9 Å². The number of hydrogen-bond acceptors (Lipinski definition) is 3. The summed E-state index contributed by atoms with van der Waals surface area (Å²) < 4.78 is 5.58. The van der Waals surface area contributed by atoms with Gasteiger partial charge in [0.2, 0.25) is 5.91 Å². The van der Waals surface area contributed by atoms with Gasteiger partial charge in [0.15, 0.2) is 0 Å². The molecule has 0 saturated carbocycles. The fourth-order valence-corrected chi connectivity index (χ4v) is 4.60. The molecule has 0 unspecified atom stereocenters. The quantitative estimate of drug-likeness (QED) is 0.655. The third-order valence-corrected chi connectivity index (χ3v) is 6.82. The average Bonchev–Trinajstić information content (AvgIpc) is 2.73. The number of benzene rings is 2. The minimum atomic E-state index is -0.112. The van der Waals surface area contributed by atoms with Crippen LogP contribution in [0, 0.1) is 0 Å². The van der Waals surface area contributed by atoms with Crippen molar-refractivity contribution in [2.24, 2.45) is 0 Å². The number of carbonyl (C=O) groups is 1. The van der Waals surface area contributed by atoms with E-state index in [0.717, 1.165) is 37.4 Å². The zero-order chi connectivity index (χ0) is 19.1. The molecule has 5 heteroatoms. The molecule has 0 radical (unpaired) electrons. The van der Waals surface area contributed by atoms with Crippen LogP contribution in [0.3, 0.4) is 0 Å². The predicted octanol–water partition coefficient (Wildman–Crippen LogP) is 5.08. The van der Waals surface area contributed by atoms with Crippen LogP contribution in [0.15, 0.2) is 59.5 Å². The molecule has 1 aliphatic heterocycles. The van der Waals surface area contributed by atoms with Crippen LogP contribution in [-0.2, 0) is 14.9 Å². The first kappa shape index (κ1) is 20.2. The van der Waals surface area contributed by atoms with Gasteiger partial charge in [-0.3, -0.25) is 4.79 Å². The normalized spacial score (nSPS) is 17.3. The number of hydrogen-bond donors (Lipinski definition) is 1. The highest BCUT2D eigenvalue weighted by Gasteiger charge is 2.35. The van der Waals surface area contributed by atoms with E-state index in [1.807, 2.05) is 30.3 Å². The van der Waals surface area contributed by atoms with Crippen LogP contribution in [-0.4, -0.2) is 30.9 Å². The summed E-state index contributed by atoms with van der Waals surface area (Å²) in [5, 5.41) is 3.83. The molecule has 2 aromatic rings. The van der Waals surface area contributed by atoms with Crippen molar-refractivity contribution < 1.29 is 9.53 Å². The van der Waals surface area contributed by atoms with Gasteiger partial charge in [-0.25, -0.2) is 0 Å². The Morgan fingerprint density at radius 3 is 2.44 bits per heavy atom. The van der Waals surface area contributed by atoms with Crippen molar-refractivity contribution in [3.63, 3.8) is 0 Å². The second kappa shape index (κ2) is 9.63. The van der Waals surface area contributed by atoms with Crippen LogP contribution in [0.4, 0.5) is 0 Å². The Morgan fingerprint density at radius 1 is 1.15 bits per heavy atom. The van der Waals surface area contributed by atoms with Crippen LogP contribution < -0.4 is 5.32 Å². The molecule has 1 aliphatic rings. The summed E-state index contributed by atoms with van der Waals surface area (Å²) in [6, 6.07) is 18.2. The van der Waals surface area contributed by atoms with E-state index < -0.39 is 0 Å². The molecule has 1 atom stereocenters. The lowest BCUT2D eigenvalue weighted by Crippen LogP contribution is -2.46. The Morgan fingerprint density at radius 2 is 1.81 bits per heavy atom. The lowest BCUT2D eigenvalue weighted by molar-refractivity contribution is -0.121. The number of amides is 1. The van der Waals surface area contributed by atoms with E-state index in [4.69, 9.17) is 16.3 Å². The molecule has 0 aliphatic carbocycles. The van der Waals surface area contributed by atoms with Crippen LogP contribution in [0.2, 0.25) is 5.02 Å². The Hall–Kier alpha value is -1.49. The van der Waals surface area contributed by atoms with E-state index in [0.29, 0.717) is 11.6 Å². The summed E-state index contributed by atoms with van der Waals surface area (Å²) in [4.78, 5) is 13.9. The molecule has 3 nitrogen and oxygen atoms in total. The topological polar surface area (TPSA) is 38.3 Å². The number of halogens is 1. The molecule has 0 spiro atoms. The third-order valence-electron chi connectivity index (χ3n) is 5.19. The van der Waals surface area contributed by atoms with Crippen molar-refractivity contribution in [1.82, 2.24) is 5.32 Å². The van der Waals surface area contributed by atoms with Crippen molar-refractivity contribution in [2.75, 3.05) is 19.8 Å². The number of thioether (sulfide) groups is 1. The predicted molar refractivity (Wildman–Crippen MR) is 113 cm³/mol. The Balaban J connectivity index is 1.66. The van der Waals surface area contributed by atoms with Gasteiger partial charge >= 0.3 is 0 Å². The van der Waals surface area contributed by atoms with Crippen LogP contribution in [0.1, 0.15) is 31.7 Å². The van der Waals surface area contributed by atoms with Gasteiger partial charge in [-0.05, 0) is 49.1 Å². The molecular formula is C22H26ClNO2S. The summed E-state index contributed by atoms with van der Waals surface area (Å²) in [5.74, 6) is 0.0965. The number of rotatable bonds is 7. The number of carbonyl (C=O) groups excluding carboxylic acids is 1. The average molecular weight is 404 g/mol. The highest BCUT2D eigenvalue weighted by Crippen LogP contribution is 2.34. The lowest BCUT2D eigenvalue weighted by atomic mass is 9.74. The molecule has 1 amide bonds. The van der Waals surface area contributed by atoms with Crippen molar-refractivity contribution in [1.29, 1.82) is 0 Å². The van der Waals surface area contributed by atoms with Gasteiger partial charge in [0.1, 0.15) is 0 Å². The third kappa shape index (κ3) is 5.28. The molecule has 0 aromatic heterocycles. The summed E-state index contributed by atoms with van der Waals surface area (Å²) in [6.45, 7) is 4.18. The van der Waals surface area contributed by atoms with E-state index in [1.165, 1.54) is 5.56 Å². The van der Waals surface area contributed by atoms with Gasteiger partial charge in [0, 0.05) is 35.1 Å². The van der Waals surface area contributed by atoms with Crippen LogP contribution >= 0.6 is 23.4 Å². The van der Waals surface area contributed by atoms with Gasteiger partial charge in [0.05, 0.1) is 5.25 Å². The van der Waals surface area contributed by atoms with Crippen molar-refractivity contribution in [3.05, 3.63) is 65.2 Å². The van der Waals surface area contributed by atoms with Gasteiger partial charge in [-0.2, -0.15) is 0 Å². The standard InChI is InChI=1S/C22H26ClNO2S/c1-2-20(27-19-10-8-18(23)9-11-19)21(25)24-16-22(12-14-26-15-13-22)17-6-4-3-5-7-17/h3-11,20H,2,12-16H2,1H3,(H,24,25)/t20-/m1/s1. The molecule has 0 bridgehead atoms. The van der Waals surface area contributed by atoms with Crippen molar-refractivity contribution >= 4 is 29.3 Å². The van der Waals surface area contributed by atoms with E-state index >= 15 is 0 Å². The summed E-state index contributed by atoms with van der Waals surface area (Å²) >= 11 is 7.55. The summed E-state index contributed by atoms with van der Waals surface area (Å²) in [5.41, 5.74) is 1.24. The SMILES string of the molecule is CC[C@@H](Sc1ccc(Cl)cc1)C(=O)NCC1(c2ccccc2)CCOCC1. The van der Waals surface area contributed by atoms with Crippen molar-refractivity contribution in [3.8, 4) is 0 Å². The first-order valence-corrected chi connectivity index (χ1v) is 10.7. The van der Waals surface area contributed by atoms with E-state index in [9.17, 15) is 4.79 Å². The molecule has 1 N–H and O–H groups in total. The Kier molecular flexibility index (Phi) is 7.22. The Labute approximate surface area is 170 Å². The lowest BCUT2D eigenvalue weighted by Gasteiger charge is -2.38. The second-order valence-electron chi connectivity index (χ2n) is 6.95. The summed E-state index contributed by atoms with van der Waals surface area (Å²) in [6.07, 6.45) is 2.64. The summed E-state index contributed by atoms with van der Waals surface area (Å²) in [7, 11) is 0. The maximum absolute atomic E-state index is 12.9. The molecule has 3 rings (SSSR count). The second-order valence-corrected chi connectivity index (χ2v) is 8.66. The molecule has 1 fully saturated rings. The van der Waals surface area contributed by atoms with E-state index in [-0.39, 0.29) is 16.6 Å². The molecule has 27 heavy (non-hydrogen) atoms. The van der Waals surface area contributed by atoms with Crippen molar-refractivity contribution in [2.45, 2.75) is 41.7 Å². The largest absolute Gasteiger partial charge is 0.381 e. The highest BCUT2D eigenvalue weighted by atomic mass is 35.5. The number of ether oxygens (including phenoxy) is 1. The maximum Gasteiger partial charge on any atom is 0.233 e. The fraction of sp³-hybridized carbons (Fsp3) is 0.409.